The number of esters is 4. The summed E-state index contributed by atoms with van der Waals surface area (Å²) in [6.45, 7) is 0.798. The van der Waals surface area contributed by atoms with E-state index >= 15 is 0 Å². The molecule has 0 unspecified atom stereocenters. The molecule has 1 fully saturated rings. The highest BCUT2D eigenvalue weighted by molar-refractivity contribution is 5.90. The maximum atomic E-state index is 12.9. The number of carbonyl (C=O) groups excluding carboxylic acids is 4. The molecule has 0 saturated carbocycles. The Morgan fingerprint density at radius 1 is 0.622 bits per heavy atom. The molecule has 1 saturated heterocycles. The van der Waals surface area contributed by atoms with Crippen LogP contribution in [0.25, 0.3) is 0 Å². The summed E-state index contributed by atoms with van der Waals surface area (Å²) in [6.07, 6.45) is -5.07. The van der Waals surface area contributed by atoms with E-state index in [9.17, 15) is 19.2 Å². The van der Waals surface area contributed by atoms with Crippen molar-refractivity contribution in [3.05, 3.63) is 108 Å². The Balaban J connectivity index is 1.57. The zero-order valence-corrected chi connectivity index (χ0v) is 19.9. The van der Waals surface area contributed by atoms with Crippen LogP contribution in [0.4, 0.5) is 0 Å². The summed E-state index contributed by atoms with van der Waals surface area (Å²) in [7, 11) is 0. The van der Waals surface area contributed by atoms with Crippen molar-refractivity contribution in [1.29, 1.82) is 0 Å². The van der Waals surface area contributed by atoms with Crippen molar-refractivity contribution in [3.63, 3.8) is 0 Å². The first-order valence-electron chi connectivity index (χ1n) is 11.5. The second kappa shape index (κ2) is 12.0. The van der Waals surface area contributed by atoms with Gasteiger partial charge in [0, 0.05) is 6.92 Å². The van der Waals surface area contributed by atoms with Crippen LogP contribution in [0.2, 0.25) is 0 Å². The number of ether oxygens (including phenoxy) is 5. The van der Waals surface area contributed by atoms with E-state index < -0.39 is 48.5 Å². The molecule has 1 aliphatic heterocycles. The van der Waals surface area contributed by atoms with Crippen LogP contribution in [0.15, 0.2) is 91.0 Å². The average Bonchev–Trinajstić information content (AvgIpc) is 3.23. The SMILES string of the molecule is CC(=O)O[C@H]1[C@@H](OC(=O)c2ccccc2)O[C@H](COC(=O)c2ccccc2)[C@H]1OC(=O)c1ccccc1. The molecule has 0 amide bonds. The zero-order chi connectivity index (χ0) is 26.2. The van der Waals surface area contributed by atoms with Crippen molar-refractivity contribution in [2.75, 3.05) is 6.61 Å². The van der Waals surface area contributed by atoms with Gasteiger partial charge in [0.05, 0.1) is 16.7 Å². The largest absolute Gasteiger partial charge is 0.459 e. The van der Waals surface area contributed by atoms with Crippen LogP contribution >= 0.6 is 0 Å². The first kappa shape index (κ1) is 25.6. The van der Waals surface area contributed by atoms with E-state index in [1.807, 2.05) is 0 Å². The molecule has 0 bridgehead atoms. The molecule has 3 aromatic rings. The lowest BCUT2D eigenvalue weighted by molar-refractivity contribution is -0.172. The van der Waals surface area contributed by atoms with Crippen LogP contribution in [-0.4, -0.2) is 55.1 Å². The summed E-state index contributed by atoms with van der Waals surface area (Å²) in [5, 5.41) is 0. The average molecular weight is 504 g/mol. The summed E-state index contributed by atoms with van der Waals surface area (Å²) in [4.78, 5) is 50.0. The van der Waals surface area contributed by atoms with Crippen molar-refractivity contribution in [1.82, 2.24) is 0 Å². The molecule has 190 valence electrons. The Kier molecular flexibility index (Phi) is 8.27. The molecular weight excluding hydrogens is 480 g/mol. The Morgan fingerprint density at radius 3 is 1.57 bits per heavy atom. The van der Waals surface area contributed by atoms with E-state index in [0.717, 1.165) is 6.92 Å². The number of carbonyl (C=O) groups is 4. The van der Waals surface area contributed by atoms with Gasteiger partial charge in [0.1, 0.15) is 12.7 Å². The molecule has 0 radical (unpaired) electrons. The van der Waals surface area contributed by atoms with Crippen molar-refractivity contribution < 1.29 is 42.9 Å². The minimum absolute atomic E-state index is 0.240. The molecule has 3 aromatic carbocycles. The van der Waals surface area contributed by atoms with Crippen molar-refractivity contribution in [3.8, 4) is 0 Å². The number of rotatable bonds is 8. The van der Waals surface area contributed by atoms with Crippen molar-refractivity contribution in [2.45, 2.75) is 31.5 Å². The maximum absolute atomic E-state index is 12.9. The molecular formula is C28H24O9. The van der Waals surface area contributed by atoms with E-state index in [1.54, 1.807) is 91.0 Å². The third kappa shape index (κ3) is 6.59. The normalized spacial score (nSPS) is 20.5. The highest BCUT2D eigenvalue weighted by Crippen LogP contribution is 2.30. The minimum Gasteiger partial charge on any atom is -0.459 e. The van der Waals surface area contributed by atoms with Crippen molar-refractivity contribution >= 4 is 23.9 Å². The van der Waals surface area contributed by atoms with E-state index in [4.69, 9.17) is 23.7 Å². The van der Waals surface area contributed by atoms with E-state index in [-0.39, 0.29) is 17.7 Å². The van der Waals surface area contributed by atoms with Crippen LogP contribution in [0, 0.1) is 0 Å². The fourth-order valence-electron chi connectivity index (χ4n) is 3.71. The van der Waals surface area contributed by atoms with Crippen molar-refractivity contribution in [2.24, 2.45) is 0 Å². The first-order valence-corrected chi connectivity index (χ1v) is 11.5. The smallest absolute Gasteiger partial charge is 0.340 e. The summed E-state index contributed by atoms with van der Waals surface area (Å²) in [6, 6.07) is 24.6. The molecule has 4 rings (SSSR count). The van der Waals surface area contributed by atoms with E-state index in [0.29, 0.717) is 5.56 Å². The highest BCUT2D eigenvalue weighted by Gasteiger charge is 2.52. The molecule has 0 spiro atoms. The molecule has 0 aromatic heterocycles. The monoisotopic (exact) mass is 504 g/mol. The lowest BCUT2D eigenvalue weighted by atomic mass is 10.1. The van der Waals surface area contributed by atoms with E-state index in [2.05, 4.69) is 0 Å². The van der Waals surface area contributed by atoms with Gasteiger partial charge in [-0.1, -0.05) is 54.6 Å². The number of hydrogen-bond acceptors (Lipinski definition) is 9. The van der Waals surface area contributed by atoms with Gasteiger partial charge < -0.3 is 23.7 Å². The highest BCUT2D eigenvalue weighted by atomic mass is 16.8. The second-order valence-electron chi connectivity index (χ2n) is 8.09. The van der Waals surface area contributed by atoms with Gasteiger partial charge in [-0.05, 0) is 36.4 Å². The third-order valence-corrected chi connectivity index (χ3v) is 5.44. The predicted octanol–water partition coefficient (Wildman–Crippen LogP) is 3.58. The lowest BCUT2D eigenvalue weighted by Crippen LogP contribution is -2.42. The van der Waals surface area contributed by atoms with Gasteiger partial charge >= 0.3 is 23.9 Å². The lowest BCUT2D eigenvalue weighted by Gasteiger charge is -2.23. The Labute approximate surface area is 212 Å². The Bertz CT molecular complexity index is 1230. The van der Waals surface area contributed by atoms with Crippen LogP contribution in [0.1, 0.15) is 38.0 Å². The molecule has 1 aliphatic rings. The number of benzene rings is 3. The fourth-order valence-corrected chi connectivity index (χ4v) is 3.71. The van der Waals surface area contributed by atoms with Gasteiger partial charge in [0.2, 0.25) is 12.4 Å². The molecule has 9 nitrogen and oxygen atoms in total. The second-order valence-corrected chi connectivity index (χ2v) is 8.09. The zero-order valence-electron chi connectivity index (χ0n) is 19.9. The van der Waals surface area contributed by atoms with Crippen LogP contribution in [0.5, 0.6) is 0 Å². The summed E-state index contributed by atoms with van der Waals surface area (Å²) < 4.78 is 27.7. The third-order valence-electron chi connectivity index (χ3n) is 5.44. The molecule has 0 N–H and O–H groups in total. The predicted molar refractivity (Wildman–Crippen MR) is 128 cm³/mol. The van der Waals surface area contributed by atoms with Gasteiger partial charge in [0.15, 0.2) is 6.10 Å². The maximum Gasteiger partial charge on any atom is 0.340 e. The minimum atomic E-state index is -1.43. The standard InChI is InChI=1S/C28H24O9/c1-18(29)34-24-23(36-26(31)20-13-7-3-8-14-20)22(17-33-25(30)19-11-5-2-6-12-19)35-28(24)37-27(32)21-15-9-4-10-16-21/h2-16,22-24,28H,17H2,1H3/t22-,23-,24-,28-/m1/s1. The van der Waals surface area contributed by atoms with Crippen LogP contribution in [-0.2, 0) is 28.5 Å². The molecule has 9 heteroatoms. The summed E-state index contributed by atoms with van der Waals surface area (Å²) >= 11 is 0. The Hall–Kier alpha value is -4.50. The summed E-state index contributed by atoms with van der Waals surface area (Å²) in [5.74, 6) is -2.80. The molecule has 0 aliphatic carbocycles. The quantitative estimate of drug-likeness (QED) is 0.335. The molecule has 4 atom stereocenters. The summed E-state index contributed by atoms with van der Waals surface area (Å²) in [5.41, 5.74) is 0.792. The van der Waals surface area contributed by atoms with Crippen LogP contribution in [0.3, 0.4) is 0 Å². The topological polar surface area (TPSA) is 114 Å². The van der Waals surface area contributed by atoms with Gasteiger partial charge in [-0.2, -0.15) is 0 Å². The first-order chi connectivity index (χ1) is 17.9. The van der Waals surface area contributed by atoms with Crippen LogP contribution < -0.4 is 0 Å². The van der Waals surface area contributed by atoms with Gasteiger partial charge in [-0.3, -0.25) is 4.79 Å². The van der Waals surface area contributed by atoms with Gasteiger partial charge in [-0.15, -0.1) is 0 Å². The number of hydrogen-bond donors (Lipinski definition) is 0. The molecule has 1 heterocycles. The Morgan fingerprint density at radius 2 is 1.08 bits per heavy atom. The van der Waals surface area contributed by atoms with Gasteiger partial charge in [-0.25, -0.2) is 14.4 Å². The molecule has 37 heavy (non-hydrogen) atoms. The van der Waals surface area contributed by atoms with E-state index in [1.165, 1.54) is 0 Å². The fraction of sp³-hybridized carbons (Fsp3) is 0.214. The van der Waals surface area contributed by atoms with Gasteiger partial charge in [0.25, 0.3) is 0 Å².